The first-order valence-electron chi connectivity index (χ1n) is 11.0. The van der Waals surface area contributed by atoms with Crippen LogP contribution in [0.15, 0.2) is 23.0 Å². The highest BCUT2D eigenvalue weighted by molar-refractivity contribution is 5.92. The molecule has 0 bridgehead atoms. The number of alkyl halides is 3. The number of aliphatic hydroxyl groups is 1. The summed E-state index contributed by atoms with van der Waals surface area (Å²) in [6, 6.07) is 1.37. The zero-order valence-corrected chi connectivity index (χ0v) is 19.1. The Morgan fingerprint density at radius 3 is 2.57 bits per heavy atom. The molecule has 3 N–H and O–H groups in total. The molecular formula is C21H25F3N8O3. The van der Waals surface area contributed by atoms with Gasteiger partial charge in [0.25, 0.3) is 5.91 Å². The summed E-state index contributed by atoms with van der Waals surface area (Å²) in [5, 5.41) is 21.6. The molecule has 0 saturated carbocycles. The normalized spacial score (nSPS) is 15.4. The maximum atomic E-state index is 13.1. The number of nitrogens with zero attached hydrogens (tertiary/aromatic N) is 6. The Morgan fingerprint density at radius 2 is 1.94 bits per heavy atom. The van der Waals surface area contributed by atoms with Gasteiger partial charge < -0.3 is 19.8 Å². The highest BCUT2D eigenvalue weighted by atomic mass is 19.4. The first kappa shape index (κ1) is 24.6. The summed E-state index contributed by atoms with van der Waals surface area (Å²) in [6.07, 6.45) is 0.605. The maximum absolute atomic E-state index is 13.1. The minimum absolute atomic E-state index is 0.0624. The van der Waals surface area contributed by atoms with Crippen molar-refractivity contribution in [3.63, 3.8) is 0 Å². The predicted octanol–water partition coefficient (Wildman–Crippen LogP) is 2.23. The van der Waals surface area contributed by atoms with Crippen LogP contribution in [0, 0.1) is 5.92 Å². The molecule has 1 aliphatic rings. The molecule has 1 saturated heterocycles. The van der Waals surface area contributed by atoms with E-state index < -0.39 is 23.3 Å². The minimum atomic E-state index is -4.52. The summed E-state index contributed by atoms with van der Waals surface area (Å²) in [5.74, 6) is -0.517. The molecule has 0 spiro atoms. The number of halogens is 3. The van der Waals surface area contributed by atoms with Gasteiger partial charge in [-0.25, -0.2) is 15.0 Å². The van der Waals surface area contributed by atoms with Crippen molar-refractivity contribution in [3.8, 4) is 11.5 Å². The SMILES string of the molecule is CC(C)(c1n[nH]c(CNC(=O)c2cc(-c3ncc(N4CCC(CO)CC4)cn3)no2)n1)C(F)(F)F. The Hall–Kier alpha value is -3.55. The number of H-pyrrole nitrogens is 1. The lowest BCUT2D eigenvalue weighted by Crippen LogP contribution is -2.37. The van der Waals surface area contributed by atoms with Gasteiger partial charge in [0.2, 0.25) is 5.76 Å². The second kappa shape index (κ2) is 9.60. The van der Waals surface area contributed by atoms with Gasteiger partial charge in [0.15, 0.2) is 17.3 Å². The number of carbonyl (C=O) groups is 1. The first-order chi connectivity index (χ1) is 16.6. The third kappa shape index (κ3) is 5.26. The predicted molar refractivity (Wildman–Crippen MR) is 116 cm³/mol. The smallest absolute Gasteiger partial charge is 0.396 e. The van der Waals surface area contributed by atoms with Crippen LogP contribution in [0.25, 0.3) is 11.5 Å². The molecular weight excluding hydrogens is 469 g/mol. The van der Waals surface area contributed by atoms with Crippen molar-refractivity contribution in [3.05, 3.63) is 35.9 Å². The first-order valence-corrected chi connectivity index (χ1v) is 11.0. The van der Waals surface area contributed by atoms with E-state index in [9.17, 15) is 23.1 Å². The Balaban J connectivity index is 1.35. The number of hydrogen-bond acceptors (Lipinski definition) is 9. The molecule has 0 atom stereocenters. The molecule has 0 unspecified atom stereocenters. The van der Waals surface area contributed by atoms with Gasteiger partial charge in [-0.3, -0.25) is 9.89 Å². The van der Waals surface area contributed by atoms with Gasteiger partial charge in [0.1, 0.15) is 11.2 Å². The topological polar surface area (TPSA) is 146 Å². The number of hydrogen-bond donors (Lipinski definition) is 3. The number of aromatic amines is 1. The summed E-state index contributed by atoms with van der Waals surface area (Å²) < 4.78 is 44.5. The van der Waals surface area contributed by atoms with Crippen molar-refractivity contribution in [1.29, 1.82) is 0 Å². The van der Waals surface area contributed by atoms with Crippen LogP contribution in [0.5, 0.6) is 0 Å². The number of carbonyl (C=O) groups excluding carboxylic acids is 1. The quantitative estimate of drug-likeness (QED) is 0.450. The van der Waals surface area contributed by atoms with Crippen molar-refractivity contribution in [2.75, 3.05) is 24.6 Å². The van der Waals surface area contributed by atoms with E-state index in [2.05, 4.69) is 40.5 Å². The van der Waals surface area contributed by atoms with Gasteiger partial charge in [0, 0.05) is 25.8 Å². The van der Waals surface area contributed by atoms with E-state index in [4.69, 9.17) is 4.52 Å². The fraction of sp³-hybridized carbons (Fsp3) is 0.524. The van der Waals surface area contributed by atoms with E-state index in [1.165, 1.54) is 6.07 Å². The van der Waals surface area contributed by atoms with Crippen LogP contribution in [0.4, 0.5) is 18.9 Å². The monoisotopic (exact) mass is 494 g/mol. The molecule has 3 aromatic rings. The van der Waals surface area contributed by atoms with Crippen molar-refractivity contribution in [2.24, 2.45) is 5.92 Å². The molecule has 4 heterocycles. The highest BCUT2D eigenvalue weighted by Gasteiger charge is 2.51. The standard InChI is InChI=1S/C21H25F3N8O3/c1-20(2,21(22,23)24)19-28-16(29-30-19)10-27-18(34)15-7-14(31-35-15)17-25-8-13(9-26-17)32-5-3-12(11-33)4-6-32/h7-9,12,33H,3-6,10-11H2,1-2H3,(H,27,34)(H,28,29,30). The van der Waals surface area contributed by atoms with Crippen LogP contribution in [0.3, 0.4) is 0 Å². The number of aromatic nitrogens is 6. The Labute approximate surface area is 198 Å². The lowest BCUT2D eigenvalue weighted by atomic mass is 9.92. The van der Waals surface area contributed by atoms with Gasteiger partial charge >= 0.3 is 6.18 Å². The average molecular weight is 494 g/mol. The van der Waals surface area contributed by atoms with E-state index in [0.717, 1.165) is 45.5 Å². The zero-order valence-electron chi connectivity index (χ0n) is 19.1. The van der Waals surface area contributed by atoms with Gasteiger partial charge in [-0.05, 0) is 32.6 Å². The summed E-state index contributed by atoms with van der Waals surface area (Å²) in [7, 11) is 0. The Bertz CT molecular complexity index is 1150. The summed E-state index contributed by atoms with van der Waals surface area (Å²) in [4.78, 5) is 27.0. The van der Waals surface area contributed by atoms with Gasteiger partial charge in [-0.2, -0.15) is 18.3 Å². The number of aliphatic hydroxyl groups excluding tert-OH is 1. The lowest BCUT2D eigenvalue weighted by molar-refractivity contribution is -0.182. The number of piperidine rings is 1. The van der Waals surface area contributed by atoms with Crippen LogP contribution in [0.2, 0.25) is 0 Å². The molecule has 188 valence electrons. The van der Waals surface area contributed by atoms with Crippen molar-refractivity contribution in [2.45, 2.75) is 44.8 Å². The van der Waals surface area contributed by atoms with E-state index in [1.807, 2.05) is 0 Å². The Kier molecular flexibility index (Phi) is 6.74. The molecule has 3 aromatic heterocycles. The lowest BCUT2D eigenvalue weighted by Gasteiger charge is -2.32. The minimum Gasteiger partial charge on any atom is -0.396 e. The summed E-state index contributed by atoms with van der Waals surface area (Å²) >= 11 is 0. The van der Waals surface area contributed by atoms with Crippen LogP contribution in [0.1, 0.15) is 48.9 Å². The molecule has 0 radical (unpaired) electrons. The van der Waals surface area contributed by atoms with Crippen molar-refractivity contribution >= 4 is 11.6 Å². The summed E-state index contributed by atoms with van der Waals surface area (Å²) in [6.45, 7) is 3.57. The molecule has 1 aliphatic heterocycles. The highest BCUT2D eigenvalue weighted by Crippen LogP contribution is 2.38. The van der Waals surface area contributed by atoms with E-state index in [-0.39, 0.29) is 36.3 Å². The molecule has 1 fully saturated rings. The van der Waals surface area contributed by atoms with Gasteiger partial charge in [0.05, 0.1) is 24.6 Å². The van der Waals surface area contributed by atoms with E-state index in [1.54, 1.807) is 12.4 Å². The third-order valence-corrected chi connectivity index (χ3v) is 6.05. The second-order valence-electron chi connectivity index (χ2n) is 8.87. The van der Waals surface area contributed by atoms with Crippen molar-refractivity contribution in [1.82, 2.24) is 35.6 Å². The third-order valence-electron chi connectivity index (χ3n) is 6.05. The van der Waals surface area contributed by atoms with Crippen LogP contribution in [-0.4, -0.2) is 67.2 Å². The number of rotatable bonds is 7. The number of anilines is 1. The fourth-order valence-electron chi connectivity index (χ4n) is 3.51. The average Bonchev–Trinajstić information content (AvgIpc) is 3.53. The molecule has 14 heteroatoms. The van der Waals surface area contributed by atoms with E-state index in [0.29, 0.717) is 5.92 Å². The summed E-state index contributed by atoms with van der Waals surface area (Å²) in [5.41, 5.74) is -1.13. The van der Waals surface area contributed by atoms with Crippen LogP contribution < -0.4 is 10.2 Å². The molecule has 1 amide bonds. The van der Waals surface area contributed by atoms with Gasteiger partial charge in [-0.15, -0.1) is 0 Å². The largest absolute Gasteiger partial charge is 0.401 e. The van der Waals surface area contributed by atoms with E-state index >= 15 is 0 Å². The fourth-order valence-corrected chi connectivity index (χ4v) is 3.51. The van der Waals surface area contributed by atoms with Crippen LogP contribution >= 0.6 is 0 Å². The molecule has 0 aliphatic carbocycles. The van der Waals surface area contributed by atoms with Crippen LogP contribution in [-0.2, 0) is 12.0 Å². The maximum Gasteiger partial charge on any atom is 0.401 e. The number of amides is 1. The number of nitrogens with one attached hydrogen (secondary N) is 2. The van der Waals surface area contributed by atoms with Crippen molar-refractivity contribution < 1.29 is 27.6 Å². The molecule has 11 nitrogen and oxygen atoms in total. The second-order valence-corrected chi connectivity index (χ2v) is 8.87. The zero-order chi connectivity index (χ0) is 25.2. The molecule has 0 aromatic carbocycles. The molecule has 4 rings (SSSR count). The van der Waals surface area contributed by atoms with Gasteiger partial charge in [-0.1, -0.05) is 5.16 Å². The Morgan fingerprint density at radius 1 is 1.26 bits per heavy atom. The molecule has 35 heavy (non-hydrogen) atoms.